The quantitative estimate of drug-likeness (QED) is 0.851. The predicted octanol–water partition coefficient (Wildman–Crippen LogP) is 2.47. The normalized spacial score (nSPS) is 26.4. The summed E-state index contributed by atoms with van der Waals surface area (Å²) in [6.07, 6.45) is 1.47. The summed E-state index contributed by atoms with van der Waals surface area (Å²) >= 11 is 0. The summed E-state index contributed by atoms with van der Waals surface area (Å²) in [7, 11) is 0. The van der Waals surface area contributed by atoms with Gasteiger partial charge >= 0.3 is 0 Å². The molecule has 124 valence electrons. The first-order chi connectivity index (χ1) is 10.8. The van der Waals surface area contributed by atoms with Crippen molar-refractivity contribution < 1.29 is 19.4 Å². The smallest absolute Gasteiger partial charge is 0.223 e. The van der Waals surface area contributed by atoms with Crippen LogP contribution in [-0.2, 0) is 4.79 Å². The van der Waals surface area contributed by atoms with E-state index in [4.69, 9.17) is 4.74 Å². The van der Waals surface area contributed by atoms with Crippen molar-refractivity contribution in [3.63, 3.8) is 0 Å². The van der Waals surface area contributed by atoms with Crippen LogP contribution < -0.4 is 4.74 Å². The van der Waals surface area contributed by atoms with Gasteiger partial charge in [-0.1, -0.05) is 0 Å². The highest BCUT2D eigenvalue weighted by atomic mass is 16.5. The minimum absolute atomic E-state index is 0.0455. The molecule has 2 aliphatic heterocycles. The molecule has 0 bridgehead atoms. The predicted molar refractivity (Wildman–Crippen MR) is 85.5 cm³/mol. The zero-order chi connectivity index (χ0) is 16.8. The first-order valence-corrected chi connectivity index (χ1v) is 8.12. The molecule has 0 aromatic heterocycles. The van der Waals surface area contributed by atoms with E-state index in [0.717, 1.165) is 18.4 Å². The van der Waals surface area contributed by atoms with E-state index < -0.39 is 17.7 Å². The number of ketones is 1. The molecule has 1 aromatic rings. The molecule has 1 amide bonds. The number of carbonyl (C=O) groups excluding carboxylic acids is 2. The summed E-state index contributed by atoms with van der Waals surface area (Å²) in [6, 6.07) is 4.77. The number of carbonyl (C=O) groups is 2. The molecular weight excluding hydrogens is 294 g/mol. The van der Waals surface area contributed by atoms with E-state index in [9.17, 15) is 14.7 Å². The molecule has 3 rings (SSSR count). The fourth-order valence-electron chi connectivity index (χ4n) is 3.44. The maximum Gasteiger partial charge on any atom is 0.223 e. The lowest BCUT2D eigenvalue weighted by molar-refractivity contribution is -0.147. The number of hydrogen-bond donors (Lipinski definition) is 1. The number of rotatable bonds is 2. The number of aliphatic hydroxyl groups is 1. The number of fused-ring (bicyclic) bond motifs is 1. The van der Waals surface area contributed by atoms with Crippen LogP contribution in [0, 0.1) is 0 Å². The molecule has 0 spiro atoms. The Bertz CT molecular complexity index is 652. The fourth-order valence-corrected chi connectivity index (χ4v) is 3.44. The van der Waals surface area contributed by atoms with Crippen LogP contribution >= 0.6 is 0 Å². The van der Waals surface area contributed by atoms with Crippen molar-refractivity contribution in [1.29, 1.82) is 0 Å². The molecule has 1 saturated heterocycles. The Morgan fingerprint density at radius 2 is 2.09 bits per heavy atom. The second kappa shape index (κ2) is 5.64. The number of likely N-dealkylation sites (tertiary alicyclic amines) is 1. The fraction of sp³-hybridized carbons (Fsp3) is 0.556. The van der Waals surface area contributed by atoms with E-state index in [2.05, 4.69) is 0 Å². The van der Waals surface area contributed by atoms with E-state index in [1.165, 1.54) is 6.92 Å². The molecule has 23 heavy (non-hydrogen) atoms. The van der Waals surface area contributed by atoms with Gasteiger partial charge in [0.05, 0.1) is 6.04 Å². The van der Waals surface area contributed by atoms with Crippen molar-refractivity contribution in [3.8, 4) is 5.75 Å². The lowest BCUT2D eigenvalue weighted by Crippen LogP contribution is -2.55. The van der Waals surface area contributed by atoms with Gasteiger partial charge < -0.3 is 14.7 Å². The van der Waals surface area contributed by atoms with Gasteiger partial charge in [0, 0.05) is 24.1 Å². The van der Waals surface area contributed by atoms with Gasteiger partial charge in [-0.05, 0) is 51.8 Å². The Hall–Kier alpha value is -1.88. The summed E-state index contributed by atoms with van der Waals surface area (Å²) in [4.78, 5) is 25.8. The standard InChI is InChI=1S/C18H23NO4/c1-11(20)12-7-8-14-13(10-12)16(17(22)18(2,3)23-14)19-9-5-4-6-15(19)21/h7-8,10,16-17,22H,4-6,9H2,1-3H3/t16-,17+/m0/s1. The zero-order valence-electron chi connectivity index (χ0n) is 13.8. The highest BCUT2D eigenvalue weighted by molar-refractivity contribution is 5.94. The molecule has 0 saturated carbocycles. The van der Waals surface area contributed by atoms with Crippen molar-refractivity contribution in [2.45, 2.75) is 57.8 Å². The van der Waals surface area contributed by atoms with Crippen LogP contribution in [0.4, 0.5) is 0 Å². The Balaban J connectivity index is 2.11. The van der Waals surface area contributed by atoms with Crippen LogP contribution in [-0.4, -0.2) is 39.9 Å². The average Bonchev–Trinajstić information content (AvgIpc) is 2.49. The number of Topliss-reactive ketones (excluding diaryl/α,β-unsaturated/α-hetero) is 1. The number of amides is 1. The summed E-state index contributed by atoms with van der Waals surface area (Å²) in [5.41, 5.74) is 0.487. The molecule has 1 N–H and O–H groups in total. The molecule has 2 atom stereocenters. The van der Waals surface area contributed by atoms with Crippen molar-refractivity contribution in [2.24, 2.45) is 0 Å². The Labute approximate surface area is 136 Å². The van der Waals surface area contributed by atoms with Crippen LogP contribution in [0.3, 0.4) is 0 Å². The van der Waals surface area contributed by atoms with Crippen LogP contribution in [0.5, 0.6) is 5.75 Å². The molecule has 5 heteroatoms. The number of hydrogen-bond acceptors (Lipinski definition) is 4. The van der Waals surface area contributed by atoms with Crippen molar-refractivity contribution in [3.05, 3.63) is 29.3 Å². The van der Waals surface area contributed by atoms with E-state index in [-0.39, 0.29) is 11.7 Å². The third-order valence-corrected chi connectivity index (χ3v) is 4.82. The first-order valence-electron chi connectivity index (χ1n) is 8.12. The topological polar surface area (TPSA) is 66.8 Å². The summed E-state index contributed by atoms with van der Waals surface area (Å²) < 4.78 is 5.92. The molecule has 2 aliphatic rings. The summed E-state index contributed by atoms with van der Waals surface area (Å²) in [5, 5.41) is 10.8. The summed E-state index contributed by atoms with van der Waals surface area (Å²) in [5.74, 6) is 0.640. The highest BCUT2D eigenvalue weighted by Crippen LogP contribution is 2.44. The monoisotopic (exact) mass is 317 g/mol. The molecule has 1 fully saturated rings. The zero-order valence-corrected chi connectivity index (χ0v) is 13.8. The van der Waals surface area contributed by atoms with Crippen LogP contribution in [0.25, 0.3) is 0 Å². The molecule has 0 radical (unpaired) electrons. The van der Waals surface area contributed by atoms with Crippen molar-refractivity contribution in [1.82, 2.24) is 4.90 Å². The number of nitrogens with zero attached hydrogens (tertiary/aromatic N) is 1. The number of ether oxygens (including phenoxy) is 1. The van der Waals surface area contributed by atoms with Crippen LogP contribution in [0.1, 0.15) is 62.0 Å². The van der Waals surface area contributed by atoms with Gasteiger partial charge in [-0.15, -0.1) is 0 Å². The molecule has 0 unspecified atom stereocenters. The van der Waals surface area contributed by atoms with Gasteiger partial charge in [0.15, 0.2) is 5.78 Å². The van der Waals surface area contributed by atoms with E-state index >= 15 is 0 Å². The van der Waals surface area contributed by atoms with E-state index in [0.29, 0.717) is 24.3 Å². The molecule has 2 heterocycles. The lowest BCUT2D eigenvalue weighted by atomic mass is 9.84. The van der Waals surface area contributed by atoms with Crippen LogP contribution in [0.2, 0.25) is 0 Å². The largest absolute Gasteiger partial charge is 0.485 e. The minimum atomic E-state index is -0.848. The van der Waals surface area contributed by atoms with Crippen LogP contribution in [0.15, 0.2) is 18.2 Å². The van der Waals surface area contributed by atoms with Gasteiger partial charge in [0.1, 0.15) is 17.5 Å². The lowest BCUT2D eigenvalue weighted by Gasteiger charge is -2.47. The van der Waals surface area contributed by atoms with Gasteiger partial charge in [-0.3, -0.25) is 9.59 Å². The third kappa shape index (κ3) is 2.74. The van der Waals surface area contributed by atoms with Gasteiger partial charge in [0.25, 0.3) is 0 Å². The van der Waals surface area contributed by atoms with E-state index in [1.807, 2.05) is 13.8 Å². The number of benzene rings is 1. The second-order valence-electron chi connectivity index (χ2n) is 6.95. The SMILES string of the molecule is CC(=O)c1ccc2c(c1)[C@H](N1CCCCC1=O)[C@@H](O)C(C)(C)O2. The van der Waals surface area contributed by atoms with Gasteiger partial charge in [0.2, 0.25) is 5.91 Å². The van der Waals surface area contributed by atoms with Crippen molar-refractivity contribution in [2.75, 3.05) is 6.54 Å². The number of aliphatic hydroxyl groups excluding tert-OH is 1. The molecule has 0 aliphatic carbocycles. The Kier molecular flexibility index (Phi) is 3.92. The van der Waals surface area contributed by atoms with E-state index in [1.54, 1.807) is 23.1 Å². The number of piperidine rings is 1. The highest BCUT2D eigenvalue weighted by Gasteiger charge is 2.47. The Morgan fingerprint density at radius 1 is 1.35 bits per heavy atom. The molecular formula is C18H23NO4. The van der Waals surface area contributed by atoms with Gasteiger partial charge in [-0.25, -0.2) is 0 Å². The maximum absolute atomic E-state index is 12.4. The van der Waals surface area contributed by atoms with Crippen molar-refractivity contribution >= 4 is 11.7 Å². The molecule has 1 aromatic carbocycles. The second-order valence-corrected chi connectivity index (χ2v) is 6.95. The average molecular weight is 317 g/mol. The maximum atomic E-state index is 12.4. The Morgan fingerprint density at radius 3 is 2.74 bits per heavy atom. The third-order valence-electron chi connectivity index (χ3n) is 4.82. The molecule has 5 nitrogen and oxygen atoms in total. The van der Waals surface area contributed by atoms with Gasteiger partial charge in [-0.2, -0.15) is 0 Å². The first kappa shape index (κ1) is 16.0. The minimum Gasteiger partial charge on any atom is -0.485 e. The summed E-state index contributed by atoms with van der Waals surface area (Å²) in [6.45, 7) is 5.77.